The van der Waals surface area contributed by atoms with Crippen LogP contribution in [-0.2, 0) is 11.2 Å². The van der Waals surface area contributed by atoms with Gasteiger partial charge in [0, 0.05) is 19.3 Å². The Labute approximate surface area is 217 Å². The fourth-order valence-corrected chi connectivity index (χ4v) is 5.14. The van der Waals surface area contributed by atoms with Crippen LogP contribution in [0.1, 0.15) is 16.7 Å². The number of thiocarbonyl (C=S) groups is 1. The number of amides is 1. The quantitative estimate of drug-likeness (QED) is 0.322. The highest BCUT2D eigenvalue weighted by Crippen LogP contribution is 2.34. The molecule has 0 saturated carbocycles. The van der Waals surface area contributed by atoms with E-state index < -0.39 is 0 Å². The lowest BCUT2D eigenvalue weighted by Gasteiger charge is -2.15. The Morgan fingerprint density at radius 2 is 1.97 bits per heavy atom. The van der Waals surface area contributed by atoms with E-state index in [9.17, 15) is 14.7 Å². The van der Waals surface area contributed by atoms with Gasteiger partial charge in [-0.1, -0.05) is 36.1 Å². The standard InChI is InChI=1S/C25H26N4O5S2/c1-15-5-4-10-28-22(15)27-21(26-9-12-30)17(23(28)31)14-20-24(32)29(25(35)36-20)11-8-16-6-7-18(33-2)19(13-16)34-3/h4-7,10,13-14,26,30H,8-9,11-12H2,1-3H3/b20-14-. The highest BCUT2D eigenvalue weighted by atomic mass is 32.2. The molecule has 0 radical (unpaired) electrons. The Bertz CT molecular complexity index is 1420. The van der Waals surface area contributed by atoms with Crippen molar-refractivity contribution < 1.29 is 19.4 Å². The van der Waals surface area contributed by atoms with Gasteiger partial charge in [0.25, 0.3) is 11.5 Å². The molecule has 0 aliphatic carbocycles. The summed E-state index contributed by atoms with van der Waals surface area (Å²) >= 11 is 6.63. The number of nitrogens with one attached hydrogen (secondary N) is 1. The van der Waals surface area contributed by atoms with Crippen molar-refractivity contribution in [2.75, 3.05) is 39.2 Å². The molecule has 2 aromatic heterocycles. The molecule has 0 spiro atoms. The number of anilines is 1. The molecule has 36 heavy (non-hydrogen) atoms. The van der Waals surface area contributed by atoms with Crippen molar-refractivity contribution in [1.29, 1.82) is 0 Å². The van der Waals surface area contributed by atoms with Gasteiger partial charge in [-0.3, -0.25) is 18.9 Å². The molecular weight excluding hydrogens is 500 g/mol. The predicted molar refractivity (Wildman–Crippen MR) is 145 cm³/mol. The molecule has 2 N–H and O–H groups in total. The molecule has 0 unspecified atom stereocenters. The zero-order valence-corrected chi connectivity index (χ0v) is 21.7. The van der Waals surface area contributed by atoms with Gasteiger partial charge in [-0.2, -0.15) is 0 Å². The first-order chi connectivity index (χ1) is 17.4. The van der Waals surface area contributed by atoms with Gasteiger partial charge in [-0.05, 0) is 48.7 Å². The number of fused-ring (bicyclic) bond motifs is 1. The Morgan fingerprint density at radius 3 is 2.69 bits per heavy atom. The van der Waals surface area contributed by atoms with Crippen molar-refractivity contribution in [1.82, 2.24) is 14.3 Å². The van der Waals surface area contributed by atoms with E-state index >= 15 is 0 Å². The third kappa shape index (κ3) is 5.08. The molecule has 1 amide bonds. The van der Waals surface area contributed by atoms with Crippen molar-refractivity contribution in [3.8, 4) is 11.5 Å². The Hall–Kier alpha value is -3.41. The van der Waals surface area contributed by atoms with E-state index in [4.69, 9.17) is 21.7 Å². The number of thioether (sulfide) groups is 1. The monoisotopic (exact) mass is 526 g/mol. The number of methoxy groups -OCH3 is 2. The largest absolute Gasteiger partial charge is 0.493 e. The summed E-state index contributed by atoms with van der Waals surface area (Å²) in [7, 11) is 3.15. The average Bonchev–Trinajstić information content (AvgIpc) is 3.15. The summed E-state index contributed by atoms with van der Waals surface area (Å²) in [6, 6.07) is 9.23. The highest BCUT2D eigenvalue weighted by Gasteiger charge is 2.32. The number of ether oxygens (including phenoxy) is 2. The molecule has 1 aliphatic heterocycles. The number of aryl methyl sites for hydroxylation is 1. The minimum Gasteiger partial charge on any atom is -0.493 e. The maximum atomic E-state index is 13.3. The van der Waals surface area contributed by atoms with Crippen LogP contribution in [0.5, 0.6) is 11.5 Å². The van der Waals surface area contributed by atoms with Crippen LogP contribution in [-0.4, -0.2) is 63.5 Å². The Balaban J connectivity index is 1.62. The summed E-state index contributed by atoms with van der Waals surface area (Å²) < 4.78 is 12.5. The second kappa shape index (κ2) is 11.1. The maximum Gasteiger partial charge on any atom is 0.267 e. The van der Waals surface area contributed by atoms with Crippen LogP contribution in [0, 0.1) is 6.92 Å². The van der Waals surface area contributed by atoms with E-state index in [1.54, 1.807) is 26.5 Å². The van der Waals surface area contributed by atoms with Gasteiger partial charge in [0.2, 0.25) is 0 Å². The highest BCUT2D eigenvalue weighted by molar-refractivity contribution is 8.26. The number of nitrogens with zero attached hydrogens (tertiary/aromatic N) is 3. The summed E-state index contributed by atoms with van der Waals surface area (Å²) in [5.41, 5.74) is 2.21. The van der Waals surface area contributed by atoms with Crippen LogP contribution >= 0.6 is 24.0 Å². The summed E-state index contributed by atoms with van der Waals surface area (Å²) in [5, 5.41) is 12.3. The molecule has 188 valence electrons. The Morgan fingerprint density at radius 1 is 1.19 bits per heavy atom. The second-order valence-corrected chi connectivity index (χ2v) is 9.66. The van der Waals surface area contributed by atoms with Crippen molar-refractivity contribution in [3.63, 3.8) is 0 Å². The molecule has 11 heteroatoms. The topological polar surface area (TPSA) is 105 Å². The van der Waals surface area contributed by atoms with Gasteiger partial charge in [-0.25, -0.2) is 4.98 Å². The molecule has 4 rings (SSSR count). The smallest absolute Gasteiger partial charge is 0.267 e. The zero-order valence-electron chi connectivity index (χ0n) is 20.1. The first-order valence-corrected chi connectivity index (χ1v) is 12.4. The van der Waals surface area contributed by atoms with Gasteiger partial charge in [0.1, 0.15) is 15.8 Å². The van der Waals surface area contributed by atoms with Crippen LogP contribution in [0.2, 0.25) is 0 Å². The summed E-state index contributed by atoms with van der Waals surface area (Å²) in [5.74, 6) is 1.28. The molecule has 0 atom stereocenters. The minimum atomic E-state index is -0.320. The lowest BCUT2D eigenvalue weighted by atomic mass is 10.1. The van der Waals surface area contributed by atoms with E-state index in [-0.39, 0.29) is 30.2 Å². The van der Waals surface area contributed by atoms with Crippen LogP contribution in [0.25, 0.3) is 11.7 Å². The molecular formula is C25H26N4O5S2. The van der Waals surface area contributed by atoms with E-state index in [2.05, 4.69) is 10.3 Å². The third-order valence-electron chi connectivity index (χ3n) is 5.71. The number of benzene rings is 1. The lowest BCUT2D eigenvalue weighted by Crippen LogP contribution is -2.30. The first-order valence-electron chi connectivity index (χ1n) is 11.2. The molecule has 3 heterocycles. The number of carbonyl (C=O) groups is 1. The van der Waals surface area contributed by atoms with Gasteiger partial charge in [0.05, 0.1) is 31.3 Å². The Kier molecular flexibility index (Phi) is 7.92. The number of pyridine rings is 1. The molecule has 1 fully saturated rings. The maximum absolute atomic E-state index is 13.3. The third-order valence-corrected chi connectivity index (χ3v) is 7.09. The fourth-order valence-electron chi connectivity index (χ4n) is 3.85. The van der Waals surface area contributed by atoms with Gasteiger partial charge >= 0.3 is 0 Å². The molecule has 1 aliphatic rings. The molecule has 1 aromatic carbocycles. The first kappa shape index (κ1) is 25.7. The van der Waals surface area contributed by atoms with Gasteiger partial charge in [0.15, 0.2) is 11.5 Å². The van der Waals surface area contributed by atoms with Crippen LogP contribution in [0.3, 0.4) is 0 Å². The van der Waals surface area contributed by atoms with Crippen LogP contribution in [0.15, 0.2) is 46.2 Å². The zero-order chi connectivity index (χ0) is 25.8. The summed E-state index contributed by atoms with van der Waals surface area (Å²) in [6.45, 7) is 2.32. The summed E-state index contributed by atoms with van der Waals surface area (Å²) in [6.07, 6.45) is 3.72. The minimum absolute atomic E-state index is 0.132. The predicted octanol–water partition coefficient (Wildman–Crippen LogP) is 2.87. The molecule has 9 nitrogen and oxygen atoms in total. The van der Waals surface area contributed by atoms with Crippen molar-refractivity contribution >= 4 is 51.7 Å². The number of carbonyl (C=O) groups excluding carboxylic acids is 1. The fraction of sp³-hybridized carbons (Fsp3) is 0.280. The number of aliphatic hydroxyl groups is 1. The number of hydrogen-bond acceptors (Lipinski definition) is 9. The van der Waals surface area contributed by atoms with Crippen LogP contribution < -0.4 is 20.3 Å². The average molecular weight is 527 g/mol. The SMILES string of the molecule is COc1ccc(CCN2C(=O)/C(=C/c3c(NCCO)nc4c(C)cccn4c3=O)SC2=S)cc1OC. The molecule has 3 aromatic rings. The summed E-state index contributed by atoms with van der Waals surface area (Å²) in [4.78, 5) is 33.0. The van der Waals surface area contributed by atoms with E-state index in [1.807, 2.05) is 31.2 Å². The van der Waals surface area contributed by atoms with Crippen molar-refractivity contribution in [3.05, 3.63) is 68.5 Å². The number of aromatic nitrogens is 2. The van der Waals surface area contributed by atoms with Gasteiger partial charge in [-0.15, -0.1) is 0 Å². The lowest BCUT2D eigenvalue weighted by molar-refractivity contribution is -0.122. The van der Waals surface area contributed by atoms with Crippen molar-refractivity contribution in [2.45, 2.75) is 13.3 Å². The molecule has 0 bridgehead atoms. The normalized spacial score (nSPS) is 14.7. The number of rotatable bonds is 9. The second-order valence-electron chi connectivity index (χ2n) is 7.99. The van der Waals surface area contributed by atoms with Crippen LogP contribution in [0.4, 0.5) is 5.82 Å². The van der Waals surface area contributed by atoms with Crippen molar-refractivity contribution in [2.24, 2.45) is 0 Å². The van der Waals surface area contributed by atoms with E-state index in [1.165, 1.54) is 15.4 Å². The molecule has 1 saturated heterocycles. The number of hydrogen-bond donors (Lipinski definition) is 2. The van der Waals surface area contributed by atoms with Gasteiger partial charge < -0.3 is 19.9 Å². The van der Waals surface area contributed by atoms with E-state index in [0.29, 0.717) is 45.2 Å². The van der Waals surface area contributed by atoms with E-state index in [0.717, 1.165) is 22.9 Å². The number of aliphatic hydroxyl groups excluding tert-OH is 1.